The van der Waals surface area contributed by atoms with Crippen molar-refractivity contribution in [3.8, 4) is 10.6 Å². The molecule has 0 saturated heterocycles. The number of rotatable bonds is 4. The molecule has 1 heterocycles. The summed E-state index contributed by atoms with van der Waals surface area (Å²) >= 11 is 6.78. The molecular formula is C14H11ClFNO3S. The highest BCUT2D eigenvalue weighted by Crippen LogP contribution is 2.32. The van der Waals surface area contributed by atoms with Gasteiger partial charge in [0.1, 0.15) is 15.7 Å². The Balaban J connectivity index is 2.56. The van der Waals surface area contributed by atoms with Gasteiger partial charge in [-0.2, -0.15) is 0 Å². The first-order valence-electron chi connectivity index (χ1n) is 6.08. The molecule has 2 rings (SSSR count). The molecule has 1 aromatic heterocycles. The van der Waals surface area contributed by atoms with E-state index in [1.165, 1.54) is 25.1 Å². The zero-order valence-corrected chi connectivity index (χ0v) is 12.8. The van der Waals surface area contributed by atoms with E-state index in [2.05, 4.69) is 4.98 Å². The maximum atomic E-state index is 13.9. The van der Waals surface area contributed by atoms with Crippen molar-refractivity contribution >= 4 is 34.7 Å². The summed E-state index contributed by atoms with van der Waals surface area (Å²) in [5, 5.41) is 0.548. The molecule has 0 aliphatic heterocycles. The van der Waals surface area contributed by atoms with Crippen LogP contribution in [0.5, 0.6) is 0 Å². The highest BCUT2D eigenvalue weighted by Gasteiger charge is 2.24. The van der Waals surface area contributed by atoms with Gasteiger partial charge in [0, 0.05) is 17.5 Å². The van der Waals surface area contributed by atoms with Crippen LogP contribution in [0.25, 0.3) is 10.6 Å². The number of halogens is 2. The number of hydrogen-bond acceptors (Lipinski definition) is 5. The molecule has 0 unspecified atom stereocenters. The first-order chi connectivity index (χ1) is 9.93. The first kappa shape index (κ1) is 15.6. The molecule has 0 aliphatic rings. The van der Waals surface area contributed by atoms with Crippen molar-refractivity contribution in [3.05, 3.63) is 39.6 Å². The molecule has 7 heteroatoms. The summed E-state index contributed by atoms with van der Waals surface area (Å²) in [6.07, 6.45) is 0. The minimum Gasteiger partial charge on any atom is -0.461 e. The predicted octanol–water partition coefficient (Wildman–Crippen LogP) is 3.98. The Kier molecular flexibility index (Phi) is 4.69. The second kappa shape index (κ2) is 6.32. The van der Waals surface area contributed by atoms with Gasteiger partial charge in [0.25, 0.3) is 0 Å². The maximum Gasteiger partial charge on any atom is 0.358 e. The third-order valence-corrected chi connectivity index (χ3v) is 4.00. The lowest BCUT2D eigenvalue weighted by atomic mass is 10.2. The minimum atomic E-state index is -0.701. The lowest BCUT2D eigenvalue weighted by Gasteiger charge is -2.00. The van der Waals surface area contributed by atoms with Crippen LogP contribution in [0.4, 0.5) is 4.39 Å². The summed E-state index contributed by atoms with van der Waals surface area (Å²) in [5.41, 5.74) is 0.0503. The zero-order chi connectivity index (χ0) is 15.6. The number of carbonyl (C=O) groups excluding carboxylic acids is 2. The number of esters is 1. The summed E-state index contributed by atoms with van der Waals surface area (Å²) < 4.78 is 18.7. The van der Waals surface area contributed by atoms with Crippen molar-refractivity contribution in [1.29, 1.82) is 0 Å². The van der Waals surface area contributed by atoms with Gasteiger partial charge in [-0.25, -0.2) is 14.2 Å². The van der Waals surface area contributed by atoms with Crippen LogP contribution in [-0.2, 0) is 4.74 Å². The third kappa shape index (κ3) is 3.28. The molecule has 0 bridgehead atoms. The molecule has 1 aromatic carbocycles. The molecule has 21 heavy (non-hydrogen) atoms. The van der Waals surface area contributed by atoms with E-state index in [1.807, 2.05) is 0 Å². The Bertz CT molecular complexity index is 714. The lowest BCUT2D eigenvalue weighted by molar-refractivity contribution is 0.0517. The van der Waals surface area contributed by atoms with Gasteiger partial charge < -0.3 is 4.74 Å². The van der Waals surface area contributed by atoms with Gasteiger partial charge in [-0.3, -0.25) is 4.79 Å². The van der Waals surface area contributed by atoms with Crippen LogP contribution < -0.4 is 0 Å². The van der Waals surface area contributed by atoms with Crippen LogP contribution in [0.15, 0.2) is 18.2 Å². The summed E-state index contributed by atoms with van der Waals surface area (Å²) in [4.78, 5) is 27.6. The van der Waals surface area contributed by atoms with E-state index in [0.29, 0.717) is 5.02 Å². The number of aromatic nitrogens is 1. The molecule has 0 N–H and O–H groups in total. The second-order valence-corrected chi connectivity index (χ2v) is 5.53. The van der Waals surface area contributed by atoms with Gasteiger partial charge in [0.2, 0.25) is 0 Å². The van der Waals surface area contributed by atoms with E-state index in [-0.39, 0.29) is 33.5 Å². The summed E-state index contributed by atoms with van der Waals surface area (Å²) in [7, 11) is 0. The Morgan fingerprint density at radius 1 is 1.43 bits per heavy atom. The monoisotopic (exact) mass is 327 g/mol. The predicted molar refractivity (Wildman–Crippen MR) is 78.5 cm³/mol. The number of thiazole rings is 1. The van der Waals surface area contributed by atoms with Gasteiger partial charge in [-0.15, -0.1) is 11.3 Å². The molecule has 0 radical (unpaired) electrons. The molecule has 0 amide bonds. The van der Waals surface area contributed by atoms with Gasteiger partial charge in [-0.1, -0.05) is 11.6 Å². The van der Waals surface area contributed by atoms with E-state index in [4.69, 9.17) is 16.3 Å². The molecule has 4 nitrogen and oxygen atoms in total. The molecule has 0 atom stereocenters. The maximum absolute atomic E-state index is 13.9. The topological polar surface area (TPSA) is 56.3 Å². The fraction of sp³-hybridized carbons (Fsp3) is 0.214. The van der Waals surface area contributed by atoms with Crippen molar-refractivity contribution in [2.75, 3.05) is 6.61 Å². The molecular weight excluding hydrogens is 317 g/mol. The molecule has 0 saturated carbocycles. The Morgan fingerprint density at radius 3 is 2.76 bits per heavy atom. The van der Waals surface area contributed by atoms with E-state index in [9.17, 15) is 14.0 Å². The Morgan fingerprint density at radius 2 is 2.14 bits per heavy atom. The zero-order valence-electron chi connectivity index (χ0n) is 11.3. The molecule has 0 spiro atoms. The Hall–Kier alpha value is -1.79. The summed E-state index contributed by atoms with van der Waals surface area (Å²) in [5.74, 6) is -1.56. The summed E-state index contributed by atoms with van der Waals surface area (Å²) in [6.45, 7) is 3.12. The van der Waals surface area contributed by atoms with Gasteiger partial charge in [-0.05, 0) is 25.1 Å². The average Bonchev–Trinajstić information content (AvgIpc) is 2.87. The number of carbonyl (C=O) groups is 2. The van der Waals surface area contributed by atoms with E-state index < -0.39 is 11.8 Å². The van der Waals surface area contributed by atoms with Crippen molar-refractivity contribution in [2.24, 2.45) is 0 Å². The SMILES string of the molecule is CCOC(=O)c1nc(-c2cc(Cl)ccc2F)sc1C(C)=O. The minimum absolute atomic E-state index is 0.0938. The fourth-order valence-electron chi connectivity index (χ4n) is 1.67. The third-order valence-electron chi connectivity index (χ3n) is 2.57. The van der Waals surface area contributed by atoms with Crippen LogP contribution in [-0.4, -0.2) is 23.3 Å². The van der Waals surface area contributed by atoms with Gasteiger partial charge >= 0.3 is 5.97 Å². The van der Waals surface area contributed by atoms with Crippen molar-refractivity contribution in [3.63, 3.8) is 0 Å². The Labute approximate surface area is 129 Å². The van der Waals surface area contributed by atoms with Crippen LogP contribution in [0, 0.1) is 5.82 Å². The van der Waals surface area contributed by atoms with E-state index in [0.717, 1.165) is 11.3 Å². The van der Waals surface area contributed by atoms with Crippen LogP contribution in [0.1, 0.15) is 34.0 Å². The summed E-state index contributed by atoms with van der Waals surface area (Å²) in [6, 6.07) is 4.01. The normalized spacial score (nSPS) is 10.5. The van der Waals surface area contributed by atoms with E-state index >= 15 is 0 Å². The fourth-order valence-corrected chi connectivity index (χ4v) is 2.81. The van der Waals surface area contributed by atoms with E-state index in [1.54, 1.807) is 6.92 Å². The van der Waals surface area contributed by atoms with Gasteiger partial charge in [0.05, 0.1) is 6.61 Å². The lowest BCUT2D eigenvalue weighted by Crippen LogP contribution is -2.09. The first-order valence-corrected chi connectivity index (χ1v) is 7.27. The number of benzene rings is 1. The quantitative estimate of drug-likeness (QED) is 0.629. The number of Topliss-reactive ketones (excluding diaryl/α,β-unsaturated/α-hetero) is 1. The number of hydrogen-bond donors (Lipinski definition) is 0. The van der Waals surface area contributed by atoms with Gasteiger partial charge in [0.15, 0.2) is 11.5 Å². The van der Waals surface area contributed by atoms with Crippen LogP contribution >= 0.6 is 22.9 Å². The highest BCUT2D eigenvalue weighted by atomic mass is 35.5. The molecule has 0 fully saturated rings. The largest absolute Gasteiger partial charge is 0.461 e. The van der Waals surface area contributed by atoms with Crippen LogP contribution in [0.2, 0.25) is 5.02 Å². The number of nitrogens with zero attached hydrogens (tertiary/aromatic N) is 1. The van der Waals surface area contributed by atoms with Crippen LogP contribution in [0.3, 0.4) is 0 Å². The van der Waals surface area contributed by atoms with Crippen molar-refractivity contribution in [2.45, 2.75) is 13.8 Å². The second-order valence-electron chi connectivity index (χ2n) is 4.10. The van der Waals surface area contributed by atoms with Crippen molar-refractivity contribution < 1.29 is 18.7 Å². The van der Waals surface area contributed by atoms with Crippen molar-refractivity contribution in [1.82, 2.24) is 4.98 Å². The standard InChI is InChI=1S/C14H11ClFNO3S/c1-3-20-14(19)11-12(7(2)18)21-13(17-11)9-6-8(15)4-5-10(9)16/h4-6H,3H2,1-2H3. The molecule has 0 aliphatic carbocycles. The number of ketones is 1. The molecule has 2 aromatic rings. The highest BCUT2D eigenvalue weighted by molar-refractivity contribution is 7.17. The average molecular weight is 328 g/mol. The smallest absolute Gasteiger partial charge is 0.358 e. The number of ether oxygens (including phenoxy) is 1. The molecule has 110 valence electrons.